The smallest absolute Gasteiger partial charge is 0.128 e. The molecule has 2 heterocycles. The van der Waals surface area contributed by atoms with Gasteiger partial charge in [0.1, 0.15) is 11.3 Å². The molecule has 2 aliphatic heterocycles. The second-order valence-electron chi connectivity index (χ2n) is 8.20. The van der Waals surface area contributed by atoms with Gasteiger partial charge >= 0.3 is 0 Å². The highest BCUT2D eigenvalue weighted by molar-refractivity contribution is 7.39. The van der Waals surface area contributed by atoms with Crippen LogP contribution in [0, 0.1) is 5.92 Å². The summed E-state index contributed by atoms with van der Waals surface area (Å²) in [5.74, 6) is 1.52. The average molecular weight is 444 g/mol. The molecule has 2 aliphatic rings. The first-order valence-corrected chi connectivity index (χ1v) is 11.4. The molecule has 0 aromatic heterocycles. The Morgan fingerprint density at radius 2 is 2.04 bits per heavy atom. The van der Waals surface area contributed by atoms with Crippen molar-refractivity contribution in [2.45, 2.75) is 50.1 Å². The van der Waals surface area contributed by atoms with Gasteiger partial charge in [-0.15, -0.1) is 18.5 Å². The number of allylic oxidation sites excluding steroid dienone is 2. The van der Waals surface area contributed by atoms with E-state index in [-0.39, 0.29) is 16.4 Å². The summed E-state index contributed by atoms with van der Waals surface area (Å²) in [6.45, 7) is 7.46. The van der Waals surface area contributed by atoms with Crippen molar-refractivity contribution in [3.63, 3.8) is 0 Å². The molecule has 2 rings (SSSR count). The molecule has 0 saturated heterocycles. The lowest BCUT2D eigenvalue weighted by atomic mass is 10.0. The predicted molar refractivity (Wildman–Crippen MR) is 128 cm³/mol. The molecule has 0 aliphatic carbocycles. The summed E-state index contributed by atoms with van der Waals surface area (Å²) in [6, 6.07) is 0.234. The number of likely N-dealkylation sites (N-methyl/N-ethyl adjacent to an activating group) is 2. The predicted octanol–water partition coefficient (Wildman–Crippen LogP) is 4.78. The molecular formula is C21H36ClN3OP2. The minimum absolute atomic E-state index is 0.0961. The Hall–Kier alpha value is -0.530. The lowest BCUT2D eigenvalue weighted by Gasteiger charge is -2.34. The highest BCUT2D eigenvalue weighted by Gasteiger charge is 2.35. The maximum Gasteiger partial charge on any atom is 0.128 e. The van der Waals surface area contributed by atoms with Gasteiger partial charge in [-0.2, -0.15) is 0 Å². The van der Waals surface area contributed by atoms with Crippen LogP contribution in [0.1, 0.15) is 33.6 Å². The lowest BCUT2D eigenvalue weighted by molar-refractivity contribution is 0.0675. The Labute approximate surface area is 181 Å². The van der Waals surface area contributed by atoms with Crippen molar-refractivity contribution < 1.29 is 4.74 Å². The Kier molecular flexibility index (Phi) is 8.47. The van der Waals surface area contributed by atoms with E-state index in [2.05, 4.69) is 86.9 Å². The van der Waals surface area contributed by atoms with Crippen LogP contribution in [0.2, 0.25) is 0 Å². The topological polar surface area (TPSA) is 19.0 Å². The molecule has 28 heavy (non-hydrogen) atoms. The fourth-order valence-corrected chi connectivity index (χ4v) is 3.92. The van der Waals surface area contributed by atoms with E-state index in [1.807, 2.05) is 11.9 Å². The van der Waals surface area contributed by atoms with Crippen molar-refractivity contribution in [3.8, 4) is 0 Å². The molecule has 4 unspecified atom stereocenters. The Morgan fingerprint density at radius 1 is 1.36 bits per heavy atom. The zero-order chi connectivity index (χ0) is 21.1. The number of methoxy groups -OCH3 is 1. The van der Waals surface area contributed by atoms with E-state index < -0.39 is 0 Å². The SMILES string of the molecule is COC(=C\CCC(P)(P)C(C)C)/C=C(\C)CN1C=C2C(Cl)N(C)C=CC2N1C. The van der Waals surface area contributed by atoms with Crippen LogP contribution >= 0.6 is 30.1 Å². The second kappa shape index (κ2) is 9.98. The van der Waals surface area contributed by atoms with Gasteiger partial charge < -0.3 is 14.6 Å². The molecule has 0 spiro atoms. The monoisotopic (exact) mass is 443 g/mol. The zero-order valence-electron chi connectivity index (χ0n) is 18.0. The Bertz CT molecular complexity index is 673. The third-order valence-electron chi connectivity index (χ3n) is 5.62. The van der Waals surface area contributed by atoms with Crippen molar-refractivity contribution in [2.75, 3.05) is 27.7 Å². The van der Waals surface area contributed by atoms with Crippen LogP contribution in [0.4, 0.5) is 0 Å². The second-order valence-corrected chi connectivity index (χ2v) is 11.4. The van der Waals surface area contributed by atoms with Gasteiger partial charge in [0.2, 0.25) is 0 Å². The summed E-state index contributed by atoms with van der Waals surface area (Å²) in [6.07, 6.45) is 12.8. The highest BCUT2D eigenvalue weighted by Crippen LogP contribution is 2.39. The number of hydrazine groups is 1. The molecule has 0 N–H and O–H groups in total. The number of fused-ring (bicyclic) bond motifs is 1. The van der Waals surface area contributed by atoms with Crippen LogP contribution < -0.4 is 0 Å². The van der Waals surface area contributed by atoms with Crippen LogP contribution in [0.15, 0.2) is 47.5 Å². The quantitative estimate of drug-likeness (QED) is 0.176. The normalized spacial score (nSPS) is 24.1. The van der Waals surface area contributed by atoms with Crippen molar-refractivity contribution in [3.05, 3.63) is 47.5 Å². The molecule has 0 saturated carbocycles. The average Bonchev–Trinajstić information content (AvgIpc) is 2.93. The lowest BCUT2D eigenvalue weighted by Crippen LogP contribution is -2.42. The van der Waals surface area contributed by atoms with Crippen LogP contribution in [0.3, 0.4) is 0 Å². The summed E-state index contributed by atoms with van der Waals surface area (Å²) in [5.41, 5.74) is 2.36. The molecule has 0 bridgehead atoms. The van der Waals surface area contributed by atoms with Crippen LogP contribution in [-0.2, 0) is 4.74 Å². The van der Waals surface area contributed by atoms with Crippen molar-refractivity contribution in [1.82, 2.24) is 14.9 Å². The van der Waals surface area contributed by atoms with Gasteiger partial charge in [-0.05, 0) is 55.7 Å². The standard InChI is InChI=1S/C21H36ClN3OP2/c1-15(2)21(27,28)10-7-8-17(26-6)12-16(3)13-25-14-18-19(24(25)5)9-11-23(4)20(18)22/h8-9,11-12,14-15,19-20H,7,10,13,27-28H2,1-6H3/b16-12+,17-8-. The maximum absolute atomic E-state index is 6.56. The number of hydrogen-bond acceptors (Lipinski definition) is 4. The number of alkyl halides is 1. The molecule has 0 aromatic rings. The minimum Gasteiger partial charge on any atom is -0.497 e. The third-order valence-corrected chi connectivity index (χ3v) is 8.09. The maximum atomic E-state index is 6.56. The Balaban J connectivity index is 2.01. The van der Waals surface area contributed by atoms with Gasteiger partial charge in [-0.1, -0.05) is 25.4 Å². The Morgan fingerprint density at radius 3 is 2.64 bits per heavy atom. The van der Waals surface area contributed by atoms with Crippen molar-refractivity contribution in [2.24, 2.45) is 5.92 Å². The van der Waals surface area contributed by atoms with E-state index in [1.54, 1.807) is 7.11 Å². The van der Waals surface area contributed by atoms with Gasteiger partial charge in [-0.3, -0.25) is 0 Å². The number of rotatable bonds is 8. The summed E-state index contributed by atoms with van der Waals surface area (Å²) in [5, 5.41) is 4.47. The summed E-state index contributed by atoms with van der Waals surface area (Å²) in [4.78, 5) is 2.21. The van der Waals surface area contributed by atoms with Gasteiger partial charge in [0.05, 0.1) is 19.7 Å². The molecule has 0 fully saturated rings. The molecular weight excluding hydrogens is 408 g/mol. The molecule has 7 heteroatoms. The van der Waals surface area contributed by atoms with Crippen LogP contribution in [0.5, 0.6) is 0 Å². The van der Waals surface area contributed by atoms with Crippen LogP contribution in [-0.4, -0.2) is 59.1 Å². The molecule has 0 amide bonds. The van der Waals surface area contributed by atoms with Crippen molar-refractivity contribution in [1.29, 1.82) is 0 Å². The molecule has 158 valence electrons. The van der Waals surface area contributed by atoms with E-state index in [4.69, 9.17) is 16.3 Å². The molecule has 4 nitrogen and oxygen atoms in total. The number of halogens is 1. The van der Waals surface area contributed by atoms with E-state index in [0.29, 0.717) is 5.92 Å². The number of hydrogen-bond donors (Lipinski definition) is 0. The number of ether oxygens (including phenoxy) is 1. The van der Waals surface area contributed by atoms with Gasteiger partial charge in [0.25, 0.3) is 0 Å². The first-order valence-electron chi connectivity index (χ1n) is 9.81. The first-order chi connectivity index (χ1) is 13.1. The summed E-state index contributed by atoms with van der Waals surface area (Å²) >= 11 is 6.56. The van der Waals surface area contributed by atoms with E-state index in [9.17, 15) is 0 Å². The highest BCUT2D eigenvalue weighted by atomic mass is 35.5. The van der Waals surface area contributed by atoms with Gasteiger partial charge in [0.15, 0.2) is 0 Å². The molecule has 0 radical (unpaired) electrons. The minimum atomic E-state index is -0.0961. The van der Waals surface area contributed by atoms with E-state index in [1.165, 1.54) is 11.1 Å². The molecule has 4 atom stereocenters. The first kappa shape index (κ1) is 23.7. The van der Waals surface area contributed by atoms with Crippen LogP contribution in [0.25, 0.3) is 0 Å². The van der Waals surface area contributed by atoms with Crippen molar-refractivity contribution >= 4 is 30.1 Å². The fourth-order valence-electron chi connectivity index (χ4n) is 3.34. The molecule has 0 aromatic carbocycles. The van der Waals surface area contributed by atoms with Gasteiger partial charge in [0, 0.05) is 30.8 Å². The largest absolute Gasteiger partial charge is 0.497 e. The summed E-state index contributed by atoms with van der Waals surface area (Å²) in [7, 11) is 11.8. The van der Waals surface area contributed by atoms with E-state index in [0.717, 1.165) is 25.1 Å². The number of nitrogens with zero attached hydrogens (tertiary/aromatic N) is 3. The zero-order valence-corrected chi connectivity index (χ0v) is 21.1. The summed E-state index contributed by atoms with van der Waals surface area (Å²) < 4.78 is 5.60. The fraction of sp³-hybridized carbons (Fsp3) is 0.619. The van der Waals surface area contributed by atoms with Gasteiger partial charge in [-0.25, -0.2) is 5.01 Å². The van der Waals surface area contributed by atoms with E-state index >= 15 is 0 Å². The third kappa shape index (κ3) is 5.76.